The van der Waals surface area contributed by atoms with Gasteiger partial charge >= 0.3 is 0 Å². The van der Waals surface area contributed by atoms with Crippen LogP contribution in [0.1, 0.15) is 15.9 Å². The maximum absolute atomic E-state index is 11.7. The van der Waals surface area contributed by atoms with Crippen LogP contribution in [0.3, 0.4) is 0 Å². The molecule has 1 aliphatic carbocycles. The molecule has 1 atom stereocenters. The summed E-state index contributed by atoms with van der Waals surface area (Å²) in [5.74, 6) is -1.06. The van der Waals surface area contributed by atoms with Crippen molar-refractivity contribution < 1.29 is 19.4 Å². The van der Waals surface area contributed by atoms with Crippen molar-refractivity contribution in [1.29, 1.82) is 0 Å². The maximum Gasteiger partial charge on any atom is 0.233 e. The van der Waals surface area contributed by atoms with Crippen molar-refractivity contribution >= 4 is 17.1 Å². The standard InChI is InChI=1S/C13H10O4/c14-6-13(7-17-13)10-5-11(15)12(16)9-4-2-1-3-8(9)10/h1-5,14H,6-7H2/t13-/m1/s1. The van der Waals surface area contributed by atoms with Gasteiger partial charge in [0, 0.05) is 11.1 Å². The molecule has 2 aliphatic rings. The number of carbonyl (C=O) groups is 2. The Bertz CT molecular complexity index is 552. The lowest BCUT2D eigenvalue weighted by Gasteiger charge is -2.20. The lowest BCUT2D eigenvalue weighted by atomic mass is 9.83. The van der Waals surface area contributed by atoms with E-state index in [-0.39, 0.29) is 6.61 Å². The molecular formula is C13H10O4. The first kappa shape index (κ1) is 10.4. The second kappa shape index (κ2) is 3.35. The van der Waals surface area contributed by atoms with E-state index in [1.807, 2.05) is 0 Å². The van der Waals surface area contributed by atoms with Crippen LogP contribution in [0.4, 0.5) is 0 Å². The molecule has 1 fully saturated rings. The molecule has 4 heteroatoms. The number of fused-ring (bicyclic) bond motifs is 1. The minimum absolute atomic E-state index is 0.186. The third-order valence-corrected chi connectivity index (χ3v) is 3.20. The number of epoxide rings is 1. The third kappa shape index (κ3) is 1.38. The number of aliphatic hydroxyl groups is 1. The average molecular weight is 230 g/mol. The van der Waals surface area contributed by atoms with Gasteiger partial charge in [-0.25, -0.2) is 0 Å². The Morgan fingerprint density at radius 1 is 1.24 bits per heavy atom. The molecule has 1 aliphatic heterocycles. The number of ketones is 2. The lowest BCUT2D eigenvalue weighted by molar-refractivity contribution is -0.111. The summed E-state index contributed by atoms with van der Waals surface area (Å²) < 4.78 is 5.24. The molecular weight excluding hydrogens is 220 g/mol. The van der Waals surface area contributed by atoms with Crippen LogP contribution in [-0.4, -0.2) is 35.5 Å². The lowest BCUT2D eigenvalue weighted by Crippen LogP contribution is -2.27. The van der Waals surface area contributed by atoms with Gasteiger partial charge in [0.25, 0.3) is 0 Å². The van der Waals surface area contributed by atoms with Crippen LogP contribution in [0.5, 0.6) is 0 Å². The molecule has 4 nitrogen and oxygen atoms in total. The van der Waals surface area contributed by atoms with E-state index in [0.29, 0.717) is 23.3 Å². The second-order valence-electron chi connectivity index (χ2n) is 4.24. The van der Waals surface area contributed by atoms with E-state index in [2.05, 4.69) is 0 Å². The maximum atomic E-state index is 11.7. The Balaban J connectivity index is 2.20. The second-order valence-corrected chi connectivity index (χ2v) is 4.24. The van der Waals surface area contributed by atoms with E-state index < -0.39 is 17.2 Å². The van der Waals surface area contributed by atoms with E-state index >= 15 is 0 Å². The van der Waals surface area contributed by atoms with E-state index in [1.165, 1.54) is 6.08 Å². The number of allylic oxidation sites excluding steroid dienone is 1. The van der Waals surface area contributed by atoms with Crippen LogP contribution in [0.15, 0.2) is 30.3 Å². The quantitative estimate of drug-likeness (QED) is 0.596. The van der Waals surface area contributed by atoms with Gasteiger partial charge in [0.05, 0.1) is 13.2 Å². The number of rotatable bonds is 2. The zero-order valence-corrected chi connectivity index (χ0v) is 8.97. The van der Waals surface area contributed by atoms with Crippen LogP contribution < -0.4 is 0 Å². The van der Waals surface area contributed by atoms with Crippen molar-refractivity contribution in [1.82, 2.24) is 0 Å². The number of benzene rings is 1. The molecule has 86 valence electrons. The summed E-state index contributed by atoms with van der Waals surface area (Å²) in [4.78, 5) is 23.3. The molecule has 1 heterocycles. The van der Waals surface area contributed by atoms with E-state index in [4.69, 9.17) is 4.74 Å². The minimum atomic E-state index is -0.785. The molecule has 1 N–H and O–H groups in total. The molecule has 0 spiro atoms. The molecule has 0 amide bonds. The molecule has 1 saturated heterocycles. The zero-order valence-electron chi connectivity index (χ0n) is 8.97. The average Bonchev–Trinajstić information content (AvgIpc) is 3.15. The van der Waals surface area contributed by atoms with Gasteiger partial charge in [-0.15, -0.1) is 0 Å². The number of Topliss-reactive ketones (excluding diaryl/α,β-unsaturated/α-hetero) is 1. The van der Waals surface area contributed by atoms with Gasteiger partial charge in [-0.2, -0.15) is 0 Å². The Kier molecular flexibility index (Phi) is 2.05. The van der Waals surface area contributed by atoms with E-state index in [9.17, 15) is 14.7 Å². The molecule has 17 heavy (non-hydrogen) atoms. The summed E-state index contributed by atoms with van der Waals surface area (Å²) in [6, 6.07) is 6.90. The summed E-state index contributed by atoms with van der Waals surface area (Å²) in [5.41, 5.74) is 0.897. The first-order valence-corrected chi connectivity index (χ1v) is 5.33. The summed E-state index contributed by atoms with van der Waals surface area (Å²) in [5, 5.41) is 9.32. The van der Waals surface area contributed by atoms with Crippen molar-refractivity contribution in [2.75, 3.05) is 13.2 Å². The Hall–Kier alpha value is -1.78. The first-order valence-electron chi connectivity index (χ1n) is 5.33. The van der Waals surface area contributed by atoms with E-state index in [1.54, 1.807) is 24.3 Å². The van der Waals surface area contributed by atoms with Crippen LogP contribution >= 0.6 is 0 Å². The Morgan fingerprint density at radius 3 is 2.47 bits per heavy atom. The van der Waals surface area contributed by atoms with Gasteiger partial charge in [0.15, 0.2) is 0 Å². The predicted molar refractivity (Wildman–Crippen MR) is 59.5 cm³/mol. The van der Waals surface area contributed by atoms with Crippen molar-refractivity contribution in [2.45, 2.75) is 5.60 Å². The zero-order chi connectivity index (χ0) is 12.0. The van der Waals surface area contributed by atoms with Crippen LogP contribution in [-0.2, 0) is 9.53 Å². The van der Waals surface area contributed by atoms with Crippen LogP contribution in [0.2, 0.25) is 0 Å². The van der Waals surface area contributed by atoms with Gasteiger partial charge in [-0.3, -0.25) is 9.59 Å². The highest BCUT2D eigenvalue weighted by Gasteiger charge is 2.50. The van der Waals surface area contributed by atoms with E-state index in [0.717, 1.165) is 0 Å². The molecule has 3 rings (SSSR count). The highest BCUT2D eigenvalue weighted by atomic mass is 16.6. The number of aliphatic hydroxyl groups excluding tert-OH is 1. The van der Waals surface area contributed by atoms with Gasteiger partial charge in [-0.1, -0.05) is 24.3 Å². The Labute approximate surface area is 97.5 Å². The number of hydrogen-bond acceptors (Lipinski definition) is 4. The molecule has 1 aromatic rings. The van der Waals surface area contributed by atoms with Gasteiger partial charge < -0.3 is 9.84 Å². The van der Waals surface area contributed by atoms with Crippen molar-refractivity contribution in [3.63, 3.8) is 0 Å². The van der Waals surface area contributed by atoms with Crippen LogP contribution in [0, 0.1) is 0 Å². The molecule has 0 radical (unpaired) electrons. The highest BCUT2D eigenvalue weighted by molar-refractivity contribution is 6.50. The third-order valence-electron chi connectivity index (χ3n) is 3.20. The largest absolute Gasteiger partial charge is 0.393 e. The minimum Gasteiger partial charge on any atom is -0.393 e. The number of ether oxygens (including phenoxy) is 1. The summed E-state index contributed by atoms with van der Waals surface area (Å²) in [6.45, 7) is 0.194. The normalized spacial score (nSPS) is 26.5. The van der Waals surface area contributed by atoms with Crippen molar-refractivity contribution in [3.05, 3.63) is 41.5 Å². The fourth-order valence-corrected chi connectivity index (χ4v) is 2.12. The molecule has 1 aromatic carbocycles. The molecule has 0 bridgehead atoms. The van der Waals surface area contributed by atoms with Crippen molar-refractivity contribution in [3.8, 4) is 0 Å². The highest BCUT2D eigenvalue weighted by Crippen LogP contribution is 2.43. The summed E-state index contributed by atoms with van der Waals surface area (Å²) in [7, 11) is 0. The molecule has 0 aromatic heterocycles. The fourth-order valence-electron chi connectivity index (χ4n) is 2.12. The van der Waals surface area contributed by atoms with Gasteiger partial charge in [-0.05, 0) is 11.6 Å². The Morgan fingerprint density at radius 2 is 1.88 bits per heavy atom. The van der Waals surface area contributed by atoms with Gasteiger partial charge in [0.2, 0.25) is 11.6 Å². The smallest absolute Gasteiger partial charge is 0.233 e. The fraction of sp³-hybridized carbons (Fsp3) is 0.231. The number of hydrogen-bond donors (Lipinski definition) is 1. The topological polar surface area (TPSA) is 66.9 Å². The summed E-state index contributed by atoms with van der Waals surface area (Å²) in [6.07, 6.45) is 1.29. The summed E-state index contributed by atoms with van der Waals surface area (Å²) >= 11 is 0. The predicted octanol–water partition coefficient (Wildman–Crippen LogP) is 0.597. The monoisotopic (exact) mass is 230 g/mol. The van der Waals surface area contributed by atoms with Crippen LogP contribution in [0.25, 0.3) is 5.57 Å². The first-order chi connectivity index (χ1) is 8.18. The molecule has 0 unspecified atom stereocenters. The SMILES string of the molecule is O=C1C=C([C@@]2(CO)CO2)c2ccccc2C1=O. The van der Waals surface area contributed by atoms with Crippen molar-refractivity contribution in [2.24, 2.45) is 0 Å². The molecule has 0 saturated carbocycles. The number of carbonyl (C=O) groups excluding carboxylic acids is 2. The van der Waals surface area contributed by atoms with Gasteiger partial charge in [0.1, 0.15) is 5.60 Å².